The van der Waals surface area contributed by atoms with E-state index in [4.69, 9.17) is 27.9 Å². The van der Waals surface area contributed by atoms with Crippen molar-refractivity contribution in [1.29, 1.82) is 0 Å². The Morgan fingerprint density at radius 1 is 0.923 bits per heavy atom. The van der Waals surface area contributed by atoms with Crippen LogP contribution < -0.4 is 4.74 Å². The number of carbonyl (C=O) groups is 1. The Bertz CT molecular complexity index is 1970. The van der Waals surface area contributed by atoms with Crippen LogP contribution in [-0.4, -0.2) is 32.7 Å². The van der Waals surface area contributed by atoms with E-state index in [2.05, 4.69) is 9.97 Å². The van der Waals surface area contributed by atoms with E-state index >= 15 is 0 Å². The number of rotatable bonds is 7. The topological polar surface area (TPSA) is 96.1 Å². The minimum absolute atomic E-state index is 0.0894. The molecule has 8 nitrogen and oxygen atoms in total. The number of pyridine rings is 1. The average molecular weight is 577 g/mol. The predicted molar refractivity (Wildman–Crippen MR) is 149 cm³/mol. The summed E-state index contributed by atoms with van der Waals surface area (Å²) >= 11 is 12.4. The van der Waals surface area contributed by atoms with Crippen LogP contribution in [0.4, 0.5) is 0 Å². The normalized spacial score (nSPS) is 11.7. The number of ketones is 1. The molecular formula is C28H18Cl2N4O4S. The third kappa shape index (κ3) is 4.54. The van der Waals surface area contributed by atoms with Gasteiger partial charge in [0.15, 0.2) is 5.78 Å². The summed E-state index contributed by atoms with van der Waals surface area (Å²) < 4.78 is 36.0. The molecule has 6 rings (SSSR count). The lowest BCUT2D eigenvalue weighted by Gasteiger charge is -2.09. The SMILES string of the molecule is O=C(Cn1cnc2c(Cl)c(Cl)ccc21)c1cn(S(=O)(=O)c2ccccc2)c2cc(Oc3cccnc3)ccc12. The molecule has 39 heavy (non-hydrogen) atoms. The summed E-state index contributed by atoms with van der Waals surface area (Å²) in [7, 11) is -4.03. The molecule has 0 N–H and O–H groups in total. The van der Waals surface area contributed by atoms with Crippen molar-refractivity contribution in [2.24, 2.45) is 0 Å². The van der Waals surface area contributed by atoms with E-state index in [1.807, 2.05) is 0 Å². The van der Waals surface area contributed by atoms with Gasteiger partial charge in [0.25, 0.3) is 10.0 Å². The van der Waals surface area contributed by atoms with Gasteiger partial charge in [-0.2, -0.15) is 0 Å². The predicted octanol–water partition coefficient (Wildman–Crippen LogP) is 6.61. The van der Waals surface area contributed by atoms with Crippen molar-refractivity contribution in [3.8, 4) is 11.5 Å². The second-order valence-corrected chi connectivity index (χ2v) is 11.3. The van der Waals surface area contributed by atoms with Gasteiger partial charge in [-0.15, -0.1) is 0 Å². The van der Waals surface area contributed by atoms with E-state index in [-0.39, 0.29) is 22.8 Å². The Balaban J connectivity index is 1.46. The molecule has 0 aliphatic rings. The van der Waals surface area contributed by atoms with E-state index < -0.39 is 10.0 Å². The first kappa shape index (κ1) is 25.1. The molecule has 194 valence electrons. The van der Waals surface area contributed by atoms with Crippen LogP contribution in [0.25, 0.3) is 21.9 Å². The van der Waals surface area contributed by atoms with Crippen molar-refractivity contribution in [2.75, 3.05) is 0 Å². The van der Waals surface area contributed by atoms with Crippen molar-refractivity contribution in [2.45, 2.75) is 11.4 Å². The van der Waals surface area contributed by atoms with Gasteiger partial charge in [0.1, 0.15) is 17.0 Å². The van der Waals surface area contributed by atoms with Gasteiger partial charge in [0, 0.05) is 29.4 Å². The van der Waals surface area contributed by atoms with Crippen LogP contribution in [0.3, 0.4) is 0 Å². The molecule has 0 saturated heterocycles. The lowest BCUT2D eigenvalue weighted by molar-refractivity contribution is 0.0975. The van der Waals surface area contributed by atoms with Crippen LogP contribution in [-0.2, 0) is 16.6 Å². The molecule has 3 aromatic carbocycles. The van der Waals surface area contributed by atoms with Gasteiger partial charge in [-0.05, 0) is 48.5 Å². The Morgan fingerprint density at radius 3 is 2.51 bits per heavy atom. The standard InChI is InChI=1S/C28H18Cl2N4O4S/c29-23-10-11-24-28(27(23)30)32-17-33(24)16-26(35)22-15-34(39(36,37)20-6-2-1-3-7-20)25-13-18(8-9-21(22)25)38-19-5-4-12-31-14-19/h1-15,17H,16H2. The number of carbonyl (C=O) groups excluding carboxylic acids is 1. The largest absolute Gasteiger partial charge is 0.456 e. The highest BCUT2D eigenvalue weighted by Crippen LogP contribution is 2.33. The summed E-state index contributed by atoms with van der Waals surface area (Å²) in [5.41, 5.74) is 1.64. The fourth-order valence-corrected chi connectivity index (χ4v) is 6.10. The fourth-order valence-electron chi connectivity index (χ4n) is 4.35. The smallest absolute Gasteiger partial charge is 0.268 e. The lowest BCUT2D eigenvalue weighted by atomic mass is 10.1. The summed E-state index contributed by atoms with van der Waals surface area (Å²) in [5, 5.41) is 1.12. The molecule has 3 aromatic heterocycles. The maximum absolute atomic E-state index is 13.7. The van der Waals surface area contributed by atoms with Crippen LogP contribution >= 0.6 is 23.2 Å². The highest BCUT2D eigenvalue weighted by molar-refractivity contribution is 7.90. The number of Topliss-reactive ketones (excluding diaryl/α,β-unsaturated/α-hetero) is 1. The zero-order chi connectivity index (χ0) is 27.1. The fraction of sp³-hybridized carbons (Fsp3) is 0.0357. The van der Waals surface area contributed by atoms with Crippen molar-refractivity contribution in [1.82, 2.24) is 18.5 Å². The molecular weight excluding hydrogens is 559 g/mol. The van der Waals surface area contributed by atoms with Gasteiger partial charge < -0.3 is 9.30 Å². The first-order chi connectivity index (χ1) is 18.8. The number of fused-ring (bicyclic) bond motifs is 2. The van der Waals surface area contributed by atoms with Crippen LogP contribution in [0, 0.1) is 0 Å². The molecule has 0 bridgehead atoms. The third-order valence-corrected chi connectivity index (χ3v) is 8.69. The third-order valence-electron chi connectivity index (χ3n) is 6.21. The van der Waals surface area contributed by atoms with E-state index in [0.717, 1.165) is 3.97 Å². The molecule has 0 radical (unpaired) electrons. The highest BCUT2D eigenvalue weighted by Gasteiger charge is 2.25. The quantitative estimate of drug-likeness (QED) is 0.198. The number of nitrogens with zero attached hydrogens (tertiary/aromatic N) is 4. The molecule has 11 heteroatoms. The molecule has 0 atom stereocenters. The zero-order valence-electron chi connectivity index (χ0n) is 20.0. The number of ether oxygens (including phenoxy) is 1. The molecule has 0 aliphatic heterocycles. The van der Waals surface area contributed by atoms with Crippen molar-refractivity contribution < 1.29 is 17.9 Å². The molecule has 0 spiro atoms. The zero-order valence-corrected chi connectivity index (χ0v) is 22.4. The first-order valence-electron chi connectivity index (χ1n) is 11.7. The van der Waals surface area contributed by atoms with Gasteiger partial charge in [-0.3, -0.25) is 9.78 Å². The molecule has 0 aliphatic carbocycles. The van der Waals surface area contributed by atoms with Gasteiger partial charge in [-0.1, -0.05) is 41.4 Å². The van der Waals surface area contributed by atoms with E-state index in [1.165, 1.54) is 24.7 Å². The van der Waals surface area contributed by atoms with Crippen molar-refractivity contribution in [3.05, 3.63) is 113 Å². The van der Waals surface area contributed by atoms with E-state index in [0.29, 0.717) is 43.5 Å². The molecule has 3 heterocycles. The number of hydrogen-bond acceptors (Lipinski definition) is 6. The Morgan fingerprint density at radius 2 is 1.74 bits per heavy atom. The van der Waals surface area contributed by atoms with Crippen molar-refractivity contribution in [3.63, 3.8) is 0 Å². The molecule has 0 saturated carbocycles. The molecule has 0 unspecified atom stereocenters. The van der Waals surface area contributed by atoms with Crippen LogP contribution in [0.1, 0.15) is 10.4 Å². The lowest BCUT2D eigenvalue weighted by Crippen LogP contribution is -2.12. The number of aromatic nitrogens is 4. The summed E-state index contributed by atoms with van der Waals surface area (Å²) in [5.74, 6) is 0.570. The minimum atomic E-state index is -4.03. The molecule has 0 amide bonds. The maximum Gasteiger partial charge on any atom is 0.268 e. The van der Waals surface area contributed by atoms with Crippen molar-refractivity contribution >= 4 is 60.9 Å². The molecule has 6 aromatic rings. The number of halogens is 2. The van der Waals surface area contributed by atoms with Gasteiger partial charge >= 0.3 is 0 Å². The monoisotopic (exact) mass is 576 g/mol. The Labute approximate surface area is 233 Å². The summed E-state index contributed by atoms with van der Waals surface area (Å²) in [4.78, 5) is 22.0. The van der Waals surface area contributed by atoms with Gasteiger partial charge in [0.2, 0.25) is 0 Å². The summed E-state index contributed by atoms with van der Waals surface area (Å²) in [6, 6.07) is 19.8. The van der Waals surface area contributed by atoms with Gasteiger partial charge in [0.05, 0.1) is 45.0 Å². The number of hydrogen-bond donors (Lipinski definition) is 0. The minimum Gasteiger partial charge on any atom is -0.456 e. The maximum atomic E-state index is 13.7. The van der Waals surface area contributed by atoms with Crippen LogP contribution in [0.5, 0.6) is 11.5 Å². The number of benzene rings is 3. The van der Waals surface area contributed by atoms with Crippen LogP contribution in [0.15, 0.2) is 103 Å². The summed E-state index contributed by atoms with van der Waals surface area (Å²) in [6.45, 7) is -0.0904. The number of imidazole rings is 1. The second kappa shape index (κ2) is 9.85. The Kier molecular flexibility index (Phi) is 6.34. The highest BCUT2D eigenvalue weighted by atomic mass is 35.5. The summed E-state index contributed by atoms with van der Waals surface area (Å²) in [6.07, 6.45) is 6.03. The molecule has 0 fully saturated rings. The Hall–Kier alpha value is -4.18. The van der Waals surface area contributed by atoms with E-state index in [9.17, 15) is 13.2 Å². The van der Waals surface area contributed by atoms with E-state index in [1.54, 1.807) is 77.6 Å². The second-order valence-electron chi connectivity index (χ2n) is 8.65. The first-order valence-corrected chi connectivity index (χ1v) is 13.9. The average Bonchev–Trinajstić information content (AvgIpc) is 3.54. The van der Waals surface area contributed by atoms with Crippen LogP contribution in [0.2, 0.25) is 10.0 Å². The van der Waals surface area contributed by atoms with Gasteiger partial charge in [-0.25, -0.2) is 17.4 Å².